The van der Waals surface area contributed by atoms with Gasteiger partial charge in [0.15, 0.2) is 0 Å². The highest BCUT2D eigenvalue weighted by Gasteiger charge is 2.44. The van der Waals surface area contributed by atoms with Gasteiger partial charge in [-0.25, -0.2) is 18.5 Å². The molecule has 1 heterocycles. The maximum Gasteiger partial charge on any atom is 0.257 e. The first-order valence-corrected chi connectivity index (χ1v) is 13.1. The zero-order valence-electron chi connectivity index (χ0n) is 19.2. The lowest BCUT2D eigenvalue weighted by Crippen LogP contribution is -2.47. The number of benzene rings is 3. The van der Waals surface area contributed by atoms with Gasteiger partial charge < -0.3 is 4.90 Å². The van der Waals surface area contributed by atoms with E-state index in [1.165, 1.54) is 17.0 Å². The summed E-state index contributed by atoms with van der Waals surface area (Å²) in [6.45, 7) is 0.165. The Labute approximate surface area is 214 Å². The fourth-order valence-corrected chi connectivity index (χ4v) is 4.78. The summed E-state index contributed by atoms with van der Waals surface area (Å²) in [5, 5.41) is 5.63. The first-order chi connectivity index (χ1) is 17.1. The van der Waals surface area contributed by atoms with Gasteiger partial charge in [-0.15, -0.1) is 0 Å². The topological polar surface area (TPSA) is 118 Å². The number of sulfonamides is 1. The molecule has 0 saturated carbocycles. The van der Waals surface area contributed by atoms with Gasteiger partial charge in [-0.3, -0.25) is 14.4 Å². The fourth-order valence-electron chi connectivity index (χ4n) is 4.14. The van der Waals surface area contributed by atoms with Crippen molar-refractivity contribution in [2.45, 2.75) is 30.2 Å². The Kier molecular flexibility index (Phi) is 7.53. The minimum absolute atomic E-state index is 0.0153. The highest BCUT2D eigenvalue weighted by molar-refractivity contribution is 7.89. The number of nitrogens with zero attached hydrogens (tertiary/aromatic N) is 2. The fraction of sp³-hybridized carbons (Fsp3) is 0.192. The van der Waals surface area contributed by atoms with Crippen LogP contribution in [0.5, 0.6) is 0 Å². The molecule has 0 aliphatic carbocycles. The van der Waals surface area contributed by atoms with Crippen LogP contribution in [0.3, 0.4) is 0 Å². The molecule has 1 aliphatic rings. The van der Waals surface area contributed by atoms with Gasteiger partial charge in [-0.2, -0.15) is 0 Å². The average molecular weight is 526 g/mol. The molecular weight excluding hydrogens is 502 g/mol. The van der Waals surface area contributed by atoms with Crippen molar-refractivity contribution >= 4 is 45.0 Å². The van der Waals surface area contributed by atoms with Crippen molar-refractivity contribution in [3.8, 4) is 0 Å². The van der Waals surface area contributed by atoms with Crippen molar-refractivity contribution < 1.29 is 22.8 Å². The quantitative estimate of drug-likeness (QED) is 0.454. The largest absolute Gasteiger partial charge is 0.329 e. The predicted octanol–water partition coefficient (Wildman–Crippen LogP) is 2.93. The molecule has 10 heteroatoms. The summed E-state index contributed by atoms with van der Waals surface area (Å²) in [7, 11) is -3.82. The second kappa shape index (κ2) is 10.6. The summed E-state index contributed by atoms with van der Waals surface area (Å²) in [6, 6.07) is 20.6. The smallest absolute Gasteiger partial charge is 0.257 e. The van der Waals surface area contributed by atoms with Gasteiger partial charge in [0.2, 0.25) is 21.8 Å². The van der Waals surface area contributed by atoms with E-state index in [1.807, 2.05) is 30.3 Å². The zero-order chi connectivity index (χ0) is 25.9. The van der Waals surface area contributed by atoms with Crippen molar-refractivity contribution in [2.24, 2.45) is 5.14 Å². The molecule has 1 saturated heterocycles. The van der Waals surface area contributed by atoms with Crippen LogP contribution < -0.4 is 10.0 Å². The molecule has 0 spiro atoms. The number of primary sulfonamides is 1. The molecule has 0 aromatic heterocycles. The molecule has 3 amide bonds. The molecule has 1 atom stereocenters. The second-order valence-corrected chi connectivity index (χ2v) is 10.5. The van der Waals surface area contributed by atoms with Gasteiger partial charge in [0, 0.05) is 11.6 Å². The maximum atomic E-state index is 13.4. The molecule has 8 nitrogen and oxygen atoms in total. The Morgan fingerprint density at radius 2 is 1.58 bits per heavy atom. The maximum absolute atomic E-state index is 13.4. The number of amides is 3. The summed E-state index contributed by atoms with van der Waals surface area (Å²) in [4.78, 5) is 42.1. The van der Waals surface area contributed by atoms with Gasteiger partial charge in [-0.05, 0) is 53.9 Å². The summed E-state index contributed by atoms with van der Waals surface area (Å²) >= 11 is 5.94. The third kappa shape index (κ3) is 5.81. The average Bonchev–Trinajstić information content (AvgIpc) is 3.14. The van der Waals surface area contributed by atoms with E-state index in [9.17, 15) is 22.8 Å². The Hall–Kier alpha value is -3.53. The molecule has 3 aromatic rings. The number of nitrogens with two attached hydrogens (primary N) is 1. The van der Waals surface area contributed by atoms with Crippen molar-refractivity contribution in [3.05, 3.63) is 95.0 Å². The van der Waals surface area contributed by atoms with Gasteiger partial charge in [-0.1, -0.05) is 54.1 Å². The van der Waals surface area contributed by atoms with E-state index in [-0.39, 0.29) is 30.2 Å². The van der Waals surface area contributed by atoms with Gasteiger partial charge in [0.05, 0.1) is 23.4 Å². The van der Waals surface area contributed by atoms with E-state index in [2.05, 4.69) is 0 Å². The summed E-state index contributed by atoms with van der Waals surface area (Å²) in [5.41, 5.74) is 1.94. The van der Waals surface area contributed by atoms with Crippen LogP contribution in [-0.2, 0) is 37.2 Å². The SMILES string of the molecule is NS(=O)(=O)c1ccc(CCN(C(=O)Cc2ccccc2)C2CC(=O)N(c3ccc(Cl)cc3)C2=O)cc1. The van der Waals surface area contributed by atoms with Crippen LogP contribution >= 0.6 is 11.6 Å². The molecular formula is C26H24ClN3O5S. The highest BCUT2D eigenvalue weighted by atomic mass is 35.5. The number of carbonyl (C=O) groups is 3. The van der Waals surface area contributed by atoms with E-state index in [0.29, 0.717) is 17.1 Å². The number of anilines is 1. The third-order valence-corrected chi connectivity index (χ3v) is 7.18. The van der Waals surface area contributed by atoms with Crippen molar-refractivity contribution in [1.29, 1.82) is 0 Å². The molecule has 1 fully saturated rings. The Morgan fingerprint density at radius 1 is 0.944 bits per heavy atom. The molecule has 4 rings (SSSR count). The molecule has 36 heavy (non-hydrogen) atoms. The lowest BCUT2D eigenvalue weighted by molar-refractivity contribution is -0.137. The van der Waals surface area contributed by atoms with E-state index in [0.717, 1.165) is 16.0 Å². The monoisotopic (exact) mass is 525 g/mol. The van der Waals surface area contributed by atoms with Crippen LogP contribution in [0.1, 0.15) is 17.5 Å². The molecule has 1 aliphatic heterocycles. The molecule has 0 bridgehead atoms. The molecule has 1 unspecified atom stereocenters. The van der Waals surface area contributed by atoms with Gasteiger partial charge in [0.25, 0.3) is 5.91 Å². The first kappa shape index (κ1) is 25.6. The summed E-state index contributed by atoms with van der Waals surface area (Å²) < 4.78 is 23.0. The standard InChI is InChI=1S/C26H24ClN3O5S/c27-20-8-10-21(11-9-20)30-25(32)17-23(26(30)33)29(24(31)16-19-4-2-1-3-5-19)15-14-18-6-12-22(13-7-18)36(28,34)35/h1-13,23H,14-17H2,(H2,28,34,35). The van der Waals surface area contributed by atoms with Gasteiger partial charge in [0.1, 0.15) is 6.04 Å². The Bertz CT molecular complexity index is 1380. The van der Waals surface area contributed by atoms with Crippen LogP contribution in [0.4, 0.5) is 5.69 Å². The number of hydrogen-bond acceptors (Lipinski definition) is 5. The van der Waals surface area contributed by atoms with Crippen LogP contribution in [0.2, 0.25) is 5.02 Å². The summed E-state index contributed by atoms with van der Waals surface area (Å²) in [5.74, 6) is -1.16. The van der Waals surface area contributed by atoms with E-state index in [4.69, 9.17) is 16.7 Å². The third-order valence-electron chi connectivity index (χ3n) is 6.00. The Balaban J connectivity index is 1.57. The van der Waals surface area contributed by atoms with Crippen LogP contribution in [-0.4, -0.2) is 43.6 Å². The lowest BCUT2D eigenvalue weighted by Gasteiger charge is -2.28. The number of carbonyl (C=O) groups excluding carboxylic acids is 3. The number of halogens is 1. The lowest BCUT2D eigenvalue weighted by atomic mass is 10.1. The van der Waals surface area contributed by atoms with Crippen LogP contribution in [0, 0.1) is 0 Å². The Morgan fingerprint density at radius 3 is 2.19 bits per heavy atom. The van der Waals surface area contributed by atoms with Crippen molar-refractivity contribution in [2.75, 3.05) is 11.4 Å². The zero-order valence-corrected chi connectivity index (χ0v) is 20.8. The van der Waals surface area contributed by atoms with E-state index < -0.39 is 27.9 Å². The highest BCUT2D eigenvalue weighted by Crippen LogP contribution is 2.27. The van der Waals surface area contributed by atoms with E-state index >= 15 is 0 Å². The predicted molar refractivity (Wildman–Crippen MR) is 136 cm³/mol. The number of hydrogen-bond donors (Lipinski definition) is 1. The molecule has 0 radical (unpaired) electrons. The van der Waals surface area contributed by atoms with E-state index in [1.54, 1.807) is 36.4 Å². The molecule has 3 aromatic carbocycles. The number of imide groups is 1. The van der Waals surface area contributed by atoms with Crippen LogP contribution in [0.15, 0.2) is 83.8 Å². The second-order valence-electron chi connectivity index (χ2n) is 8.45. The summed E-state index contributed by atoms with van der Waals surface area (Å²) in [6.07, 6.45) is 0.292. The normalized spacial score (nSPS) is 15.8. The van der Waals surface area contributed by atoms with Crippen LogP contribution in [0.25, 0.3) is 0 Å². The minimum atomic E-state index is -3.82. The molecule has 2 N–H and O–H groups in total. The first-order valence-electron chi connectivity index (χ1n) is 11.2. The van der Waals surface area contributed by atoms with Crippen molar-refractivity contribution in [3.63, 3.8) is 0 Å². The van der Waals surface area contributed by atoms with Crippen molar-refractivity contribution in [1.82, 2.24) is 4.90 Å². The molecule has 186 valence electrons. The number of rotatable bonds is 8. The minimum Gasteiger partial charge on any atom is -0.329 e. The van der Waals surface area contributed by atoms with Gasteiger partial charge >= 0.3 is 0 Å².